The molecule has 0 aliphatic carbocycles. The molecule has 0 bridgehead atoms. The molecule has 4 rings (SSSR count). The van der Waals surface area contributed by atoms with Crippen molar-refractivity contribution >= 4 is 11.6 Å². The summed E-state index contributed by atoms with van der Waals surface area (Å²) >= 11 is 0. The monoisotopic (exact) mass is 396 g/mol. The highest BCUT2D eigenvalue weighted by molar-refractivity contribution is 5.92. The first-order chi connectivity index (χ1) is 14.3. The molecule has 2 fully saturated rings. The summed E-state index contributed by atoms with van der Waals surface area (Å²) < 4.78 is 17.4. The van der Waals surface area contributed by atoms with E-state index in [-0.39, 0.29) is 18.2 Å². The van der Waals surface area contributed by atoms with Crippen LogP contribution in [0, 0.1) is 0 Å². The Labute approximate surface area is 171 Å². The fourth-order valence-corrected chi connectivity index (χ4v) is 3.93. The normalized spacial score (nSPS) is 20.5. The number of para-hydroxylation sites is 3. The van der Waals surface area contributed by atoms with Gasteiger partial charge in [-0.3, -0.25) is 9.69 Å². The summed E-state index contributed by atoms with van der Waals surface area (Å²) in [4.78, 5) is 15.0. The fourth-order valence-electron chi connectivity index (χ4n) is 3.93. The molecule has 1 N–H and O–H groups in total. The molecular weight excluding hydrogens is 368 g/mol. The summed E-state index contributed by atoms with van der Waals surface area (Å²) in [6.07, 6.45) is 3.65. The summed E-state index contributed by atoms with van der Waals surface area (Å²) in [5, 5.41) is 3.00. The number of carbonyl (C=O) groups excluding carboxylic acids is 1. The number of rotatable bonds is 7. The Balaban J connectivity index is 1.34. The molecule has 2 saturated heterocycles. The average Bonchev–Trinajstić information content (AvgIpc) is 3.29. The Morgan fingerprint density at radius 2 is 1.79 bits per heavy atom. The van der Waals surface area contributed by atoms with Crippen LogP contribution in [0.15, 0.2) is 54.6 Å². The number of nitrogens with one attached hydrogen (secondary N) is 1. The first-order valence-corrected chi connectivity index (χ1v) is 10.4. The third-order valence-corrected chi connectivity index (χ3v) is 5.38. The van der Waals surface area contributed by atoms with Crippen LogP contribution >= 0.6 is 0 Å². The Kier molecular flexibility index (Phi) is 6.77. The lowest BCUT2D eigenvalue weighted by atomic mass is 10.0. The van der Waals surface area contributed by atoms with Gasteiger partial charge in [-0.05, 0) is 43.7 Å². The highest BCUT2D eigenvalue weighted by Gasteiger charge is 2.33. The van der Waals surface area contributed by atoms with E-state index in [9.17, 15) is 4.79 Å². The van der Waals surface area contributed by atoms with E-state index in [1.165, 1.54) is 6.42 Å². The highest BCUT2D eigenvalue weighted by atomic mass is 16.7. The maximum Gasteiger partial charge on any atom is 0.225 e. The third-order valence-electron chi connectivity index (χ3n) is 5.38. The molecule has 0 spiro atoms. The van der Waals surface area contributed by atoms with Crippen molar-refractivity contribution in [3.05, 3.63) is 54.6 Å². The van der Waals surface area contributed by atoms with Crippen molar-refractivity contribution < 1.29 is 19.0 Å². The molecular formula is C23H28N2O4. The fraction of sp³-hybridized carbons (Fsp3) is 0.435. The zero-order valence-electron chi connectivity index (χ0n) is 16.6. The SMILES string of the molecule is O=C(CCN1CCCCC1C1OCCO1)Nc1ccccc1Oc1ccccc1. The Morgan fingerprint density at radius 1 is 1.03 bits per heavy atom. The van der Waals surface area contributed by atoms with Gasteiger partial charge in [-0.15, -0.1) is 0 Å². The van der Waals surface area contributed by atoms with E-state index in [4.69, 9.17) is 14.2 Å². The average molecular weight is 396 g/mol. The molecule has 1 unspecified atom stereocenters. The van der Waals surface area contributed by atoms with Crippen LogP contribution in [0.5, 0.6) is 11.5 Å². The third kappa shape index (κ3) is 5.35. The maximum absolute atomic E-state index is 12.6. The molecule has 6 nitrogen and oxygen atoms in total. The van der Waals surface area contributed by atoms with E-state index in [1.54, 1.807) is 0 Å². The maximum atomic E-state index is 12.6. The second kappa shape index (κ2) is 9.87. The van der Waals surface area contributed by atoms with E-state index in [0.29, 0.717) is 37.6 Å². The molecule has 0 aromatic heterocycles. The lowest BCUT2D eigenvalue weighted by Crippen LogP contribution is -2.48. The van der Waals surface area contributed by atoms with Crippen molar-refractivity contribution in [2.24, 2.45) is 0 Å². The van der Waals surface area contributed by atoms with Crippen LogP contribution in [0.25, 0.3) is 0 Å². The van der Waals surface area contributed by atoms with Gasteiger partial charge in [0.15, 0.2) is 12.0 Å². The van der Waals surface area contributed by atoms with Crippen LogP contribution in [0.2, 0.25) is 0 Å². The van der Waals surface area contributed by atoms with Crippen molar-refractivity contribution in [1.82, 2.24) is 4.90 Å². The van der Waals surface area contributed by atoms with Gasteiger partial charge in [0.1, 0.15) is 5.75 Å². The molecule has 2 aliphatic heterocycles. The zero-order chi connectivity index (χ0) is 19.9. The number of nitrogens with zero attached hydrogens (tertiary/aromatic N) is 1. The first kappa shape index (κ1) is 19.9. The summed E-state index contributed by atoms with van der Waals surface area (Å²) in [5.74, 6) is 1.35. The summed E-state index contributed by atoms with van der Waals surface area (Å²) in [5.41, 5.74) is 0.680. The molecule has 2 aromatic carbocycles. The van der Waals surface area contributed by atoms with E-state index < -0.39 is 0 Å². The van der Waals surface area contributed by atoms with Gasteiger partial charge in [-0.25, -0.2) is 0 Å². The quantitative estimate of drug-likeness (QED) is 0.766. The summed E-state index contributed by atoms with van der Waals surface area (Å²) in [6.45, 7) is 3.00. The minimum absolute atomic E-state index is 0.0216. The molecule has 2 aromatic rings. The standard InChI is InChI=1S/C23H28N2O4/c26-22(13-15-25-14-7-6-11-20(25)23-27-16-17-28-23)24-19-10-4-5-12-21(19)29-18-8-2-1-3-9-18/h1-5,8-10,12,20,23H,6-7,11,13-17H2,(H,24,26). The molecule has 0 saturated carbocycles. The number of carbonyl (C=O) groups is 1. The van der Waals surface area contributed by atoms with Crippen molar-refractivity contribution in [2.45, 2.75) is 38.0 Å². The van der Waals surface area contributed by atoms with Gasteiger partial charge in [-0.1, -0.05) is 36.8 Å². The molecule has 154 valence electrons. The van der Waals surface area contributed by atoms with Crippen molar-refractivity contribution in [3.63, 3.8) is 0 Å². The van der Waals surface area contributed by atoms with Crippen molar-refractivity contribution in [3.8, 4) is 11.5 Å². The smallest absolute Gasteiger partial charge is 0.225 e. The van der Waals surface area contributed by atoms with Crippen LogP contribution in [0.3, 0.4) is 0 Å². The molecule has 2 aliphatic rings. The largest absolute Gasteiger partial charge is 0.455 e. The number of likely N-dealkylation sites (tertiary alicyclic amines) is 1. The first-order valence-electron chi connectivity index (χ1n) is 10.4. The number of hydrogen-bond donors (Lipinski definition) is 1. The number of hydrogen-bond acceptors (Lipinski definition) is 5. The number of anilines is 1. The second-order valence-corrected chi connectivity index (χ2v) is 7.42. The van der Waals surface area contributed by atoms with Gasteiger partial charge in [0, 0.05) is 13.0 Å². The predicted octanol–water partition coefficient (Wildman–Crippen LogP) is 4.03. The Morgan fingerprint density at radius 3 is 2.62 bits per heavy atom. The minimum atomic E-state index is -0.154. The lowest BCUT2D eigenvalue weighted by Gasteiger charge is -2.37. The van der Waals surface area contributed by atoms with Gasteiger partial charge < -0.3 is 19.5 Å². The van der Waals surface area contributed by atoms with Crippen LogP contribution in [0.4, 0.5) is 5.69 Å². The molecule has 1 amide bonds. The Bertz CT molecular complexity index is 792. The highest BCUT2D eigenvalue weighted by Crippen LogP contribution is 2.29. The van der Waals surface area contributed by atoms with Crippen LogP contribution in [-0.4, -0.2) is 49.4 Å². The van der Waals surface area contributed by atoms with Gasteiger partial charge in [0.2, 0.25) is 5.91 Å². The van der Waals surface area contributed by atoms with Crippen LogP contribution in [0.1, 0.15) is 25.7 Å². The van der Waals surface area contributed by atoms with Crippen LogP contribution < -0.4 is 10.1 Å². The minimum Gasteiger partial charge on any atom is -0.455 e. The molecule has 6 heteroatoms. The van der Waals surface area contributed by atoms with Gasteiger partial charge in [0.25, 0.3) is 0 Å². The number of piperidine rings is 1. The predicted molar refractivity (Wildman–Crippen MR) is 111 cm³/mol. The topological polar surface area (TPSA) is 60.0 Å². The van der Waals surface area contributed by atoms with Crippen molar-refractivity contribution in [2.75, 3.05) is 31.6 Å². The summed E-state index contributed by atoms with van der Waals surface area (Å²) in [7, 11) is 0. The van der Waals surface area contributed by atoms with Gasteiger partial charge >= 0.3 is 0 Å². The molecule has 0 radical (unpaired) electrons. The Hall–Kier alpha value is -2.41. The molecule has 1 atom stereocenters. The number of ether oxygens (including phenoxy) is 3. The van der Waals surface area contributed by atoms with E-state index >= 15 is 0 Å². The van der Waals surface area contributed by atoms with E-state index in [2.05, 4.69) is 10.2 Å². The number of amides is 1. The van der Waals surface area contributed by atoms with E-state index in [0.717, 1.165) is 25.1 Å². The zero-order valence-corrected chi connectivity index (χ0v) is 16.6. The van der Waals surface area contributed by atoms with E-state index in [1.807, 2.05) is 54.6 Å². The second-order valence-electron chi connectivity index (χ2n) is 7.42. The molecule has 29 heavy (non-hydrogen) atoms. The molecule has 2 heterocycles. The van der Waals surface area contributed by atoms with Crippen LogP contribution in [-0.2, 0) is 14.3 Å². The van der Waals surface area contributed by atoms with Gasteiger partial charge in [-0.2, -0.15) is 0 Å². The van der Waals surface area contributed by atoms with Gasteiger partial charge in [0.05, 0.1) is 24.9 Å². The number of benzene rings is 2. The lowest BCUT2D eigenvalue weighted by molar-refractivity contribution is -0.120. The summed E-state index contributed by atoms with van der Waals surface area (Å²) in [6, 6.07) is 17.3. The van der Waals surface area contributed by atoms with Crippen molar-refractivity contribution in [1.29, 1.82) is 0 Å².